The van der Waals surface area contributed by atoms with E-state index in [-0.39, 0.29) is 28.7 Å². The van der Waals surface area contributed by atoms with Crippen molar-refractivity contribution < 1.29 is 27.9 Å². The van der Waals surface area contributed by atoms with Crippen LogP contribution in [0.25, 0.3) is 0 Å². The van der Waals surface area contributed by atoms with Gasteiger partial charge in [0.2, 0.25) is 0 Å². The molecular formula is C14H17Cl2NO6S. The summed E-state index contributed by atoms with van der Waals surface area (Å²) in [6.07, 6.45) is -0.227. The minimum atomic E-state index is -3.33. The van der Waals surface area contributed by atoms with E-state index in [0.29, 0.717) is 5.02 Å². The van der Waals surface area contributed by atoms with Gasteiger partial charge in [-0.1, -0.05) is 30.1 Å². The number of amides is 1. The van der Waals surface area contributed by atoms with Crippen LogP contribution < -0.4 is 10.1 Å². The molecule has 1 unspecified atom stereocenters. The smallest absolute Gasteiger partial charge is 0.326 e. The topological polar surface area (TPSA) is 110 Å². The lowest BCUT2D eigenvalue weighted by Crippen LogP contribution is -2.44. The number of halogens is 2. The van der Waals surface area contributed by atoms with Crippen LogP contribution in [-0.2, 0) is 19.4 Å². The van der Waals surface area contributed by atoms with Gasteiger partial charge < -0.3 is 15.2 Å². The van der Waals surface area contributed by atoms with Crippen molar-refractivity contribution in [2.45, 2.75) is 19.4 Å². The van der Waals surface area contributed by atoms with E-state index >= 15 is 0 Å². The van der Waals surface area contributed by atoms with E-state index in [9.17, 15) is 18.0 Å². The molecule has 0 bridgehead atoms. The predicted molar refractivity (Wildman–Crippen MR) is 90.5 cm³/mol. The molecule has 0 saturated heterocycles. The fourth-order valence-corrected chi connectivity index (χ4v) is 2.88. The molecule has 134 valence electrons. The van der Waals surface area contributed by atoms with E-state index in [1.54, 1.807) is 6.07 Å². The Hall–Kier alpha value is -1.51. The number of carboxylic acids is 1. The Kier molecular flexibility index (Phi) is 7.78. The van der Waals surface area contributed by atoms with Gasteiger partial charge in [-0.15, -0.1) is 0 Å². The Morgan fingerprint density at radius 2 is 2.00 bits per heavy atom. The summed E-state index contributed by atoms with van der Waals surface area (Å²) in [5.74, 6) is -2.28. The zero-order chi connectivity index (χ0) is 18.3. The molecule has 0 aliphatic heterocycles. The van der Waals surface area contributed by atoms with E-state index in [2.05, 4.69) is 5.32 Å². The highest BCUT2D eigenvalue weighted by molar-refractivity contribution is 7.91. The first kappa shape index (κ1) is 20.5. The Morgan fingerprint density at radius 3 is 2.58 bits per heavy atom. The van der Waals surface area contributed by atoms with Crippen molar-refractivity contribution in [3.63, 3.8) is 0 Å². The van der Waals surface area contributed by atoms with Gasteiger partial charge in [0.05, 0.1) is 10.8 Å². The van der Waals surface area contributed by atoms with Gasteiger partial charge in [0, 0.05) is 16.8 Å². The van der Waals surface area contributed by atoms with E-state index < -0.39 is 34.4 Å². The summed E-state index contributed by atoms with van der Waals surface area (Å²) >= 11 is 11.7. The van der Waals surface area contributed by atoms with Crippen molar-refractivity contribution in [2.24, 2.45) is 0 Å². The van der Waals surface area contributed by atoms with Crippen molar-refractivity contribution >= 4 is 44.9 Å². The van der Waals surface area contributed by atoms with Crippen molar-refractivity contribution in [2.75, 3.05) is 18.1 Å². The molecule has 1 aromatic rings. The molecule has 0 spiro atoms. The molecular weight excluding hydrogens is 381 g/mol. The van der Waals surface area contributed by atoms with Crippen LogP contribution in [0.1, 0.15) is 13.3 Å². The molecule has 10 heteroatoms. The van der Waals surface area contributed by atoms with Crippen molar-refractivity contribution in [1.82, 2.24) is 5.32 Å². The zero-order valence-electron chi connectivity index (χ0n) is 12.8. The molecule has 1 rings (SSSR count). The standard InChI is InChI=1S/C14H17Cl2NO6S/c1-2-24(21,22)6-5-11(14(19)20)17-13(18)8-23-12-7-9(15)3-4-10(12)16/h3-4,7,11H,2,5-6,8H2,1H3,(H,17,18)(H,19,20). The fraction of sp³-hybridized carbons (Fsp3) is 0.429. The highest BCUT2D eigenvalue weighted by Crippen LogP contribution is 2.27. The van der Waals surface area contributed by atoms with Crippen LogP contribution in [0.3, 0.4) is 0 Å². The molecule has 24 heavy (non-hydrogen) atoms. The number of rotatable bonds is 9. The summed E-state index contributed by atoms with van der Waals surface area (Å²) in [5.41, 5.74) is 0. The zero-order valence-corrected chi connectivity index (χ0v) is 15.1. The van der Waals surface area contributed by atoms with Gasteiger partial charge in [-0.3, -0.25) is 4.79 Å². The molecule has 7 nitrogen and oxygen atoms in total. The number of aliphatic carboxylic acids is 1. The highest BCUT2D eigenvalue weighted by atomic mass is 35.5. The van der Waals surface area contributed by atoms with Crippen LogP contribution in [0, 0.1) is 0 Å². The molecule has 0 saturated carbocycles. The number of carbonyl (C=O) groups is 2. The number of ether oxygens (including phenoxy) is 1. The van der Waals surface area contributed by atoms with E-state index in [0.717, 1.165) is 0 Å². The van der Waals surface area contributed by atoms with Gasteiger partial charge in [0.25, 0.3) is 5.91 Å². The summed E-state index contributed by atoms with van der Waals surface area (Å²) < 4.78 is 28.1. The summed E-state index contributed by atoms with van der Waals surface area (Å²) in [7, 11) is -3.33. The van der Waals surface area contributed by atoms with Crippen LogP contribution >= 0.6 is 23.2 Å². The number of benzene rings is 1. The van der Waals surface area contributed by atoms with Crippen LogP contribution in [0.2, 0.25) is 10.0 Å². The molecule has 0 fully saturated rings. The quantitative estimate of drug-likeness (QED) is 0.656. The molecule has 1 aromatic carbocycles. The molecule has 0 aromatic heterocycles. The van der Waals surface area contributed by atoms with Crippen LogP contribution in [-0.4, -0.2) is 49.6 Å². The Morgan fingerprint density at radius 1 is 1.33 bits per heavy atom. The second-order valence-electron chi connectivity index (χ2n) is 4.85. The first-order valence-corrected chi connectivity index (χ1v) is 9.52. The maximum atomic E-state index is 11.8. The molecule has 0 aliphatic carbocycles. The second-order valence-corrected chi connectivity index (χ2v) is 8.16. The summed E-state index contributed by atoms with van der Waals surface area (Å²) in [6, 6.07) is 3.13. The van der Waals surface area contributed by atoms with Crippen molar-refractivity contribution in [3.05, 3.63) is 28.2 Å². The van der Waals surface area contributed by atoms with Gasteiger partial charge >= 0.3 is 5.97 Å². The van der Waals surface area contributed by atoms with Crippen LogP contribution in [0.4, 0.5) is 0 Å². The van der Waals surface area contributed by atoms with Gasteiger partial charge in [0.1, 0.15) is 21.6 Å². The minimum Gasteiger partial charge on any atom is -0.482 e. The normalized spacial score (nSPS) is 12.5. The van der Waals surface area contributed by atoms with E-state index in [1.807, 2.05) is 0 Å². The SMILES string of the molecule is CCS(=O)(=O)CCC(NC(=O)COc1cc(Cl)ccc1Cl)C(=O)O. The monoisotopic (exact) mass is 397 g/mol. The van der Waals surface area contributed by atoms with Crippen LogP contribution in [0.15, 0.2) is 18.2 Å². The maximum absolute atomic E-state index is 11.8. The van der Waals surface area contributed by atoms with Gasteiger partial charge in [0.15, 0.2) is 6.61 Å². The van der Waals surface area contributed by atoms with Gasteiger partial charge in [-0.05, 0) is 18.6 Å². The summed E-state index contributed by atoms with van der Waals surface area (Å²) in [5, 5.41) is 11.9. The molecule has 1 amide bonds. The third-order valence-corrected chi connectivity index (χ3v) is 5.33. The number of carbonyl (C=O) groups excluding carboxylic acids is 1. The highest BCUT2D eigenvalue weighted by Gasteiger charge is 2.22. The molecule has 0 heterocycles. The van der Waals surface area contributed by atoms with E-state index in [4.69, 9.17) is 33.0 Å². The van der Waals surface area contributed by atoms with Gasteiger partial charge in [-0.2, -0.15) is 0 Å². The Bertz CT molecular complexity index is 707. The third kappa shape index (κ3) is 6.94. The Balaban J connectivity index is 2.59. The number of nitrogens with one attached hydrogen (secondary N) is 1. The third-order valence-electron chi connectivity index (χ3n) is 3.04. The van der Waals surface area contributed by atoms with E-state index in [1.165, 1.54) is 19.1 Å². The average Bonchev–Trinajstić information content (AvgIpc) is 2.52. The fourth-order valence-electron chi connectivity index (χ4n) is 1.67. The minimum absolute atomic E-state index is 0.0936. The Labute approximate surface area is 149 Å². The lowest BCUT2D eigenvalue weighted by Gasteiger charge is -2.15. The molecule has 2 N–H and O–H groups in total. The first-order valence-electron chi connectivity index (χ1n) is 6.95. The number of sulfone groups is 1. The van der Waals surface area contributed by atoms with Crippen molar-refractivity contribution in [1.29, 1.82) is 0 Å². The second kappa shape index (κ2) is 9.10. The lowest BCUT2D eigenvalue weighted by molar-refractivity contribution is -0.142. The molecule has 0 aliphatic rings. The lowest BCUT2D eigenvalue weighted by atomic mass is 10.2. The number of hydrogen-bond acceptors (Lipinski definition) is 5. The van der Waals surface area contributed by atoms with Crippen LogP contribution in [0.5, 0.6) is 5.75 Å². The largest absolute Gasteiger partial charge is 0.482 e. The van der Waals surface area contributed by atoms with Crippen molar-refractivity contribution in [3.8, 4) is 5.75 Å². The molecule has 0 radical (unpaired) electrons. The summed E-state index contributed by atoms with van der Waals surface area (Å²) in [4.78, 5) is 22.9. The van der Waals surface area contributed by atoms with Gasteiger partial charge in [-0.25, -0.2) is 13.2 Å². The first-order chi connectivity index (χ1) is 11.1. The number of carboxylic acid groups (broad SMARTS) is 1. The molecule has 1 atom stereocenters. The number of hydrogen-bond donors (Lipinski definition) is 2. The summed E-state index contributed by atoms with van der Waals surface area (Å²) in [6.45, 7) is 0.983. The predicted octanol–water partition coefficient (Wildman–Crippen LogP) is 1.77. The maximum Gasteiger partial charge on any atom is 0.326 e. The average molecular weight is 398 g/mol.